The van der Waals surface area contributed by atoms with Gasteiger partial charge >= 0.3 is 0 Å². The number of hydrogen-bond acceptors (Lipinski definition) is 16. The van der Waals surface area contributed by atoms with Crippen LogP contribution in [0.25, 0.3) is 0 Å². The van der Waals surface area contributed by atoms with Gasteiger partial charge in [0.2, 0.25) is 82.7 Å². The molecule has 0 saturated carbocycles. The summed E-state index contributed by atoms with van der Waals surface area (Å²) in [5, 5.41) is 33.7. The van der Waals surface area contributed by atoms with Gasteiger partial charge in [0, 0.05) is 12.3 Å². The highest BCUT2D eigenvalue weighted by atomic mass is 32.1. The van der Waals surface area contributed by atoms with Crippen LogP contribution in [0.15, 0.2) is 0 Å². The van der Waals surface area contributed by atoms with E-state index in [4.69, 9.17) is 5.73 Å². The number of hydrogen-bond donors (Lipinski definition) is 16. The van der Waals surface area contributed by atoms with E-state index in [-0.39, 0.29) is 0 Å². The van der Waals surface area contributed by atoms with Gasteiger partial charge in [-0.1, -0.05) is 0 Å². The number of thiol groups is 1. The maximum Gasteiger partial charge on any atom is 0.242 e. The third kappa shape index (κ3) is 24.1. The van der Waals surface area contributed by atoms with Gasteiger partial charge in [0.25, 0.3) is 0 Å². The van der Waals surface area contributed by atoms with E-state index in [0.29, 0.717) is 12.3 Å². The molecule has 0 bridgehead atoms. The molecule has 14 atom stereocenters. The van der Waals surface area contributed by atoms with Gasteiger partial charge in [-0.25, -0.2) is 0 Å². The average molecular weight is 1070 g/mol. The Morgan fingerprint density at radius 2 is 0.378 bits per heavy atom. The third-order valence-electron chi connectivity index (χ3n) is 10.6. The van der Waals surface area contributed by atoms with Gasteiger partial charge in [-0.3, -0.25) is 67.1 Å². The van der Waals surface area contributed by atoms with Crippen LogP contribution in [0.2, 0.25) is 0 Å². The highest BCUT2D eigenvalue weighted by molar-refractivity contribution is 7.80. The van der Waals surface area contributed by atoms with Crippen molar-refractivity contribution in [2.24, 2.45) is 5.73 Å². The molecule has 0 heterocycles. The summed E-state index contributed by atoms with van der Waals surface area (Å²) < 4.78 is 0. The van der Waals surface area contributed by atoms with Crippen molar-refractivity contribution in [3.63, 3.8) is 0 Å². The molecule has 14 amide bonds. The van der Waals surface area contributed by atoms with Gasteiger partial charge in [-0.05, 0) is 96.9 Å². The SMILES string of the molecule is C[C@H](N)C(=O)N[C@@H](C)C(=O)N[C@@H](C)C(=O)N[C@@H](C)C(=O)N[C@@H](C)C(=O)N[C@@H](C)C(=O)N[C@@H](C)C(=O)N[C@@H](C)C(=O)N[C@@H](C)C(=O)N[C@@H](C)C(=O)N[C@@H](C)C(=O)N[C@@H](C)C(=O)N[C@@H](C)C(=O)N[C@@H](C)C(=O)NCCS. The lowest BCUT2D eigenvalue weighted by atomic mass is 10.2. The van der Waals surface area contributed by atoms with Crippen LogP contribution in [0.4, 0.5) is 0 Å². The first kappa shape index (κ1) is 66.9. The molecule has 0 rings (SSSR count). The van der Waals surface area contributed by atoms with Crippen LogP contribution in [-0.4, -0.2) is 180 Å². The standard InChI is InChI=1S/C44H77N15O14S/c1-17(45)31(60)47-19(3)33(62)49-21(5)35(64)51-23(7)37(66)53-25(9)39(68)55-27(11)41(70)57-29(13)43(72)59-30(14)44(73)58-28(12)42(71)56-26(10)40(69)54-24(8)38(67)52-22(6)36(65)50-20(4)34(63)48-18(2)32(61)46-15-16-74/h17-30,74H,15-16,45H2,1-14H3,(H,46,61)(H,47,60)(H,48,63)(H,49,62)(H,50,65)(H,51,64)(H,52,67)(H,53,66)(H,54,69)(H,55,68)(H,56,71)(H,57,70)(H,58,73)(H,59,72)/t17-,18-,19-,20-,21-,22-,23-,24-,25-,26-,27-,28-,29-,30-/m0/s1. The zero-order valence-electron chi connectivity index (χ0n) is 44.2. The van der Waals surface area contributed by atoms with E-state index in [9.17, 15) is 67.1 Å². The smallest absolute Gasteiger partial charge is 0.242 e. The molecule has 0 radical (unpaired) electrons. The van der Waals surface area contributed by atoms with Crippen molar-refractivity contribution in [3.8, 4) is 0 Å². The van der Waals surface area contributed by atoms with Crippen molar-refractivity contribution in [2.45, 2.75) is 182 Å². The summed E-state index contributed by atoms with van der Waals surface area (Å²) in [5.74, 6) is -9.88. The van der Waals surface area contributed by atoms with E-state index < -0.39 is 167 Å². The van der Waals surface area contributed by atoms with Gasteiger partial charge in [-0.15, -0.1) is 0 Å². The molecule has 0 aromatic rings. The van der Waals surface area contributed by atoms with Crippen LogP contribution in [-0.2, 0) is 67.1 Å². The predicted octanol–water partition coefficient (Wildman–Crippen LogP) is -7.06. The van der Waals surface area contributed by atoms with Gasteiger partial charge in [0.15, 0.2) is 0 Å². The minimum Gasteiger partial charge on any atom is -0.354 e. The van der Waals surface area contributed by atoms with Crippen LogP contribution in [0.1, 0.15) is 96.9 Å². The highest BCUT2D eigenvalue weighted by Crippen LogP contribution is 1.98. The van der Waals surface area contributed by atoms with Gasteiger partial charge in [-0.2, -0.15) is 12.6 Å². The molecule has 30 heteroatoms. The first-order chi connectivity index (χ1) is 34.1. The van der Waals surface area contributed by atoms with Crippen molar-refractivity contribution in [3.05, 3.63) is 0 Å². The number of nitrogens with one attached hydrogen (secondary N) is 14. The topological polar surface area (TPSA) is 433 Å². The summed E-state index contributed by atoms with van der Waals surface area (Å²) in [6.45, 7) is 19.1. The molecule has 0 saturated heterocycles. The Morgan fingerprint density at radius 3 is 0.500 bits per heavy atom. The Morgan fingerprint density at radius 1 is 0.257 bits per heavy atom. The van der Waals surface area contributed by atoms with E-state index in [1.807, 2.05) is 0 Å². The molecule has 16 N–H and O–H groups in total. The molecular formula is C44H77N15O14S. The minimum absolute atomic E-state index is 0.295. The Kier molecular flexibility index (Phi) is 29.1. The van der Waals surface area contributed by atoms with Crippen LogP contribution in [0.5, 0.6) is 0 Å². The summed E-state index contributed by atoms with van der Waals surface area (Å²) in [4.78, 5) is 177. The van der Waals surface area contributed by atoms with E-state index in [1.165, 1.54) is 96.9 Å². The maximum atomic E-state index is 12.9. The Hall–Kier alpha value is -7.11. The number of carbonyl (C=O) groups excluding carboxylic acids is 14. The fraction of sp³-hybridized carbons (Fsp3) is 0.682. The fourth-order valence-corrected chi connectivity index (χ4v) is 5.70. The van der Waals surface area contributed by atoms with Crippen molar-refractivity contribution >= 4 is 95.3 Å². The second kappa shape index (κ2) is 32.2. The van der Waals surface area contributed by atoms with Crippen LogP contribution in [0, 0.1) is 0 Å². The number of nitrogens with two attached hydrogens (primary N) is 1. The van der Waals surface area contributed by atoms with E-state index in [1.54, 1.807) is 0 Å². The average Bonchev–Trinajstić information content (AvgIpc) is 3.31. The lowest BCUT2D eigenvalue weighted by molar-refractivity contribution is -0.135. The molecule has 0 aliphatic carbocycles. The van der Waals surface area contributed by atoms with Gasteiger partial charge < -0.3 is 80.2 Å². The second-order valence-corrected chi connectivity index (χ2v) is 18.2. The molecule has 0 fully saturated rings. The quantitative estimate of drug-likeness (QED) is 0.0310. The fourth-order valence-electron chi connectivity index (χ4n) is 5.59. The molecule has 0 aliphatic rings. The zero-order valence-corrected chi connectivity index (χ0v) is 45.1. The Bertz CT molecular complexity index is 2080. The predicted molar refractivity (Wildman–Crippen MR) is 269 cm³/mol. The lowest BCUT2D eigenvalue weighted by Gasteiger charge is -2.24. The monoisotopic (exact) mass is 1070 g/mol. The molecule has 29 nitrogen and oxygen atoms in total. The minimum atomic E-state index is -1.24. The molecule has 0 aliphatic heterocycles. The van der Waals surface area contributed by atoms with Crippen LogP contribution >= 0.6 is 12.6 Å². The van der Waals surface area contributed by atoms with Gasteiger partial charge in [0.1, 0.15) is 78.5 Å². The highest BCUT2D eigenvalue weighted by Gasteiger charge is 2.31. The van der Waals surface area contributed by atoms with Crippen molar-refractivity contribution in [2.75, 3.05) is 12.3 Å². The van der Waals surface area contributed by atoms with Crippen molar-refractivity contribution in [1.82, 2.24) is 74.4 Å². The first-order valence-corrected chi connectivity index (χ1v) is 24.4. The molecule has 0 aromatic carbocycles. The molecule has 418 valence electrons. The molecule has 0 aromatic heterocycles. The maximum absolute atomic E-state index is 12.9. The van der Waals surface area contributed by atoms with E-state index in [0.717, 1.165) is 0 Å². The lowest BCUT2D eigenvalue weighted by Crippen LogP contribution is -2.59. The normalized spacial score (nSPS) is 16.5. The molecular weight excluding hydrogens is 995 g/mol. The zero-order chi connectivity index (χ0) is 57.5. The third-order valence-corrected chi connectivity index (χ3v) is 10.8. The van der Waals surface area contributed by atoms with Crippen LogP contribution in [0.3, 0.4) is 0 Å². The summed E-state index contributed by atoms with van der Waals surface area (Å²) >= 11 is 4.00. The largest absolute Gasteiger partial charge is 0.354 e. The van der Waals surface area contributed by atoms with Gasteiger partial charge in [0.05, 0.1) is 6.04 Å². The Labute approximate surface area is 435 Å². The molecule has 74 heavy (non-hydrogen) atoms. The van der Waals surface area contributed by atoms with Crippen molar-refractivity contribution in [1.29, 1.82) is 0 Å². The summed E-state index contributed by atoms with van der Waals surface area (Å²) in [5.41, 5.74) is 5.48. The number of rotatable bonds is 29. The second-order valence-electron chi connectivity index (χ2n) is 17.8. The number of carbonyl (C=O) groups is 14. The van der Waals surface area contributed by atoms with Crippen LogP contribution < -0.4 is 80.2 Å². The summed E-state index contributed by atoms with van der Waals surface area (Å²) in [6, 6.07) is -15.9. The number of amides is 14. The summed E-state index contributed by atoms with van der Waals surface area (Å²) in [6.07, 6.45) is 0. The summed E-state index contributed by atoms with van der Waals surface area (Å²) in [7, 11) is 0. The molecule has 0 unspecified atom stereocenters. The first-order valence-electron chi connectivity index (χ1n) is 23.7. The van der Waals surface area contributed by atoms with E-state index >= 15 is 0 Å². The van der Waals surface area contributed by atoms with Crippen molar-refractivity contribution < 1.29 is 67.1 Å². The molecule has 0 spiro atoms. The Balaban J connectivity index is 4.95. The van der Waals surface area contributed by atoms with E-state index in [2.05, 4.69) is 87.1 Å².